The van der Waals surface area contributed by atoms with Crippen LogP contribution >= 0.6 is 0 Å². The highest BCUT2D eigenvalue weighted by Crippen LogP contribution is 2.23. The molecule has 0 bridgehead atoms. The molecule has 0 aliphatic heterocycles. The minimum absolute atomic E-state index is 0.00278. The SMILES string of the molecule is Cc1n[nH]c(C)c1S(=O)(=O)N[C@@H](C(=O)O)C(C)(C)C. The molecular formula is C11H19N3O4S. The van der Waals surface area contributed by atoms with E-state index < -0.39 is 27.4 Å². The molecule has 0 saturated heterocycles. The zero-order chi connectivity index (χ0) is 15.0. The summed E-state index contributed by atoms with van der Waals surface area (Å²) in [5.41, 5.74) is -0.0594. The molecule has 7 nitrogen and oxygen atoms in total. The van der Waals surface area contributed by atoms with Gasteiger partial charge in [-0.1, -0.05) is 20.8 Å². The van der Waals surface area contributed by atoms with Crippen LogP contribution in [-0.4, -0.2) is 35.7 Å². The molecule has 0 aliphatic carbocycles. The Morgan fingerprint density at radius 3 is 2.21 bits per heavy atom. The van der Waals surface area contributed by atoms with E-state index in [-0.39, 0.29) is 4.90 Å². The molecule has 1 rings (SSSR count). The lowest BCUT2D eigenvalue weighted by atomic mass is 9.88. The largest absolute Gasteiger partial charge is 0.480 e. The predicted molar refractivity (Wildman–Crippen MR) is 69.3 cm³/mol. The van der Waals surface area contributed by atoms with Gasteiger partial charge in [-0.25, -0.2) is 8.42 Å². The average Bonchev–Trinajstić information content (AvgIpc) is 2.53. The van der Waals surface area contributed by atoms with E-state index in [0.29, 0.717) is 11.4 Å². The molecule has 19 heavy (non-hydrogen) atoms. The number of aliphatic carboxylic acids is 1. The number of carbonyl (C=O) groups is 1. The summed E-state index contributed by atoms with van der Waals surface area (Å²) in [7, 11) is -3.93. The molecule has 0 fully saturated rings. The molecule has 1 atom stereocenters. The van der Waals surface area contributed by atoms with Gasteiger partial charge >= 0.3 is 5.97 Å². The van der Waals surface area contributed by atoms with Crippen molar-refractivity contribution in [2.24, 2.45) is 5.41 Å². The first-order valence-electron chi connectivity index (χ1n) is 5.73. The Labute approximate surface area is 112 Å². The first kappa shape index (κ1) is 15.6. The number of carboxylic acid groups (broad SMARTS) is 1. The standard InChI is InChI=1S/C11H19N3O4S/c1-6-8(7(2)13-12-6)19(17,18)14-9(10(15)16)11(3,4)5/h9,14H,1-5H3,(H,12,13)(H,15,16)/t9-/m0/s1. The summed E-state index contributed by atoms with van der Waals surface area (Å²) in [6.07, 6.45) is 0. The van der Waals surface area contributed by atoms with Crippen molar-refractivity contribution in [3.63, 3.8) is 0 Å². The van der Waals surface area contributed by atoms with Crippen molar-refractivity contribution in [1.82, 2.24) is 14.9 Å². The number of hydrogen-bond acceptors (Lipinski definition) is 4. The van der Waals surface area contributed by atoms with Gasteiger partial charge in [0.1, 0.15) is 10.9 Å². The minimum atomic E-state index is -3.93. The van der Waals surface area contributed by atoms with E-state index in [1.165, 1.54) is 0 Å². The van der Waals surface area contributed by atoms with Crippen molar-refractivity contribution >= 4 is 16.0 Å². The second kappa shape index (κ2) is 4.93. The van der Waals surface area contributed by atoms with E-state index >= 15 is 0 Å². The molecular weight excluding hydrogens is 270 g/mol. The highest BCUT2D eigenvalue weighted by atomic mass is 32.2. The summed E-state index contributed by atoms with van der Waals surface area (Å²) in [6.45, 7) is 8.09. The second-order valence-corrected chi connectivity index (χ2v) is 7.17. The van der Waals surface area contributed by atoms with E-state index in [2.05, 4.69) is 14.9 Å². The van der Waals surface area contributed by atoms with Gasteiger partial charge in [0.2, 0.25) is 10.0 Å². The first-order valence-corrected chi connectivity index (χ1v) is 7.22. The molecule has 0 aliphatic rings. The maximum atomic E-state index is 12.3. The molecule has 0 aromatic carbocycles. The second-order valence-electron chi connectivity index (χ2n) is 5.52. The van der Waals surface area contributed by atoms with Crippen LogP contribution in [0.5, 0.6) is 0 Å². The van der Waals surface area contributed by atoms with Crippen LogP contribution in [-0.2, 0) is 14.8 Å². The summed E-state index contributed by atoms with van der Waals surface area (Å²) in [6, 6.07) is -1.22. The number of hydrogen-bond donors (Lipinski definition) is 3. The lowest BCUT2D eigenvalue weighted by molar-refractivity contribution is -0.141. The Morgan fingerprint density at radius 2 is 1.89 bits per heavy atom. The van der Waals surface area contributed by atoms with Crippen LogP contribution in [0.25, 0.3) is 0 Å². The van der Waals surface area contributed by atoms with Crippen LogP contribution in [0.3, 0.4) is 0 Å². The van der Waals surface area contributed by atoms with Crippen LogP contribution in [0.4, 0.5) is 0 Å². The van der Waals surface area contributed by atoms with Gasteiger partial charge in [-0.15, -0.1) is 0 Å². The number of aromatic nitrogens is 2. The molecule has 0 radical (unpaired) electrons. The Hall–Kier alpha value is -1.41. The Bertz CT molecular complexity index is 564. The van der Waals surface area contributed by atoms with Crippen molar-refractivity contribution in [3.8, 4) is 0 Å². The first-order chi connectivity index (χ1) is 8.47. The summed E-state index contributed by atoms with van der Waals surface area (Å²) in [5.74, 6) is -1.21. The average molecular weight is 289 g/mol. The zero-order valence-electron chi connectivity index (χ0n) is 11.6. The lowest BCUT2D eigenvalue weighted by Crippen LogP contribution is -2.49. The zero-order valence-corrected chi connectivity index (χ0v) is 12.4. The van der Waals surface area contributed by atoms with Crippen molar-refractivity contribution < 1.29 is 18.3 Å². The molecule has 0 amide bonds. The van der Waals surface area contributed by atoms with Crippen LogP contribution in [0.1, 0.15) is 32.2 Å². The maximum absolute atomic E-state index is 12.3. The molecule has 0 unspecified atom stereocenters. The quantitative estimate of drug-likeness (QED) is 0.759. The van der Waals surface area contributed by atoms with Gasteiger partial charge in [-0.3, -0.25) is 9.89 Å². The molecule has 8 heteroatoms. The third-order valence-corrected chi connectivity index (χ3v) is 4.40. The number of carboxylic acids is 1. The number of rotatable bonds is 4. The molecule has 108 valence electrons. The summed E-state index contributed by atoms with van der Waals surface area (Å²) in [5, 5.41) is 15.5. The van der Waals surface area contributed by atoms with Gasteiger partial charge < -0.3 is 5.11 Å². The number of aryl methyl sites for hydroxylation is 2. The highest BCUT2D eigenvalue weighted by molar-refractivity contribution is 7.89. The number of nitrogens with one attached hydrogen (secondary N) is 2. The Kier molecular flexibility index (Phi) is 4.06. The molecule has 3 N–H and O–H groups in total. The lowest BCUT2D eigenvalue weighted by Gasteiger charge is -2.27. The number of aromatic amines is 1. The normalized spacial score (nSPS) is 14.4. The van der Waals surface area contributed by atoms with Crippen molar-refractivity contribution in [2.75, 3.05) is 0 Å². The summed E-state index contributed by atoms with van der Waals surface area (Å²) >= 11 is 0. The summed E-state index contributed by atoms with van der Waals surface area (Å²) < 4.78 is 26.8. The van der Waals surface area contributed by atoms with E-state index in [4.69, 9.17) is 5.11 Å². The minimum Gasteiger partial charge on any atom is -0.480 e. The van der Waals surface area contributed by atoms with E-state index in [1.54, 1.807) is 34.6 Å². The Morgan fingerprint density at radius 1 is 1.37 bits per heavy atom. The fourth-order valence-electron chi connectivity index (χ4n) is 1.75. The Balaban J connectivity index is 3.20. The third-order valence-electron chi connectivity index (χ3n) is 2.72. The molecule has 1 heterocycles. The fraction of sp³-hybridized carbons (Fsp3) is 0.636. The van der Waals surface area contributed by atoms with Crippen LogP contribution < -0.4 is 4.72 Å². The topological polar surface area (TPSA) is 112 Å². The maximum Gasteiger partial charge on any atom is 0.322 e. The number of H-pyrrole nitrogens is 1. The van der Waals surface area contributed by atoms with E-state index in [9.17, 15) is 13.2 Å². The fourth-order valence-corrected chi connectivity index (χ4v) is 3.51. The van der Waals surface area contributed by atoms with Gasteiger partial charge in [0.25, 0.3) is 0 Å². The van der Waals surface area contributed by atoms with Crippen molar-refractivity contribution in [3.05, 3.63) is 11.4 Å². The van der Waals surface area contributed by atoms with Gasteiger partial charge in [-0.2, -0.15) is 9.82 Å². The highest BCUT2D eigenvalue weighted by Gasteiger charge is 2.36. The molecule has 1 aromatic rings. The molecule has 0 saturated carbocycles. The van der Waals surface area contributed by atoms with Crippen molar-refractivity contribution in [2.45, 2.75) is 45.6 Å². The van der Waals surface area contributed by atoms with Gasteiger partial charge in [0.15, 0.2) is 0 Å². The van der Waals surface area contributed by atoms with E-state index in [0.717, 1.165) is 0 Å². The van der Waals surface area contributed by atoms with Crippen molar-refractivity contribution in [1.29, 1.82) is 0 Å². The smallest absolute Gasteiger partial charge is 0.322 e. The predicted octanol–water partition coefficient (Wildman–Crippen LogP) is 0.804. The van der Waals surface area contributed by atoms with Crippen LogP contribution in [0.2, 0.25) is 0 Å². The molecule has 0 spiro atoms. The third kappa shape index (κ3) is 3.32. The monoisotopic (exact) mass is 289 g/mol. The van der Waals surface area contributed by atoms with Crippen LogP contribution in [0, 0.1) is 19.3 Å². The summed E-state index contributed by atoms with van der Waals surface area (Å²) in [4.78, 5) is 11.2. The number of nitrogens with zero attached hydrogens (tertiary/aromatic N) is 1. The number of sulfonamides is 1. The van der Waals surface area contributed by atoms with E-state index in [1.807, 2.05) is 0 Å². The molecule has 1 aromatic heterocycles. The van der Waals surface area contributed by atoms with Gasteiger partial charge in [-0.05, 0) is 19.3 Å². The van der Waals surface area contributed by atoms with Crippen LogP contribution in [0.15, 0.2) is 4.90 Å². The van der Waals surface area contributed by atoms with Gasteiger partial charge in [0.05, 0.1) is 11.4 Å². The van der Waals surface area contributed by atoms with Gasteiger partial charge in [0, 0.05) is 0 Å².